The maximum atomic E-state index is 13.6. The number of hydrogen-bond donors (Lipinski definition) is 1. The minimum Gasteiger partial charge on any atom is -0.354 e. The summed E-state index contributed by atoms with van der Waals surface area (Å²) < 4.78 is 27.3. The fourth-order valence-electron chi connectivity index (χ4n) is 5.83. The second-order valence-electron chi connectivity index (χ2n) is 10.3. The van der Waals surface area contributed by atoms with Gasteiger partial charge in [-0.05, 0) is 68.0 Å². The number of fused-ring (bicyclic) bond motifs is 1. The molecule has 0 saturated carbocycles. The Labute approximate surface area is 209 Å². The molecule has 0 bridgehead atoms. The van der Waals surface area contributed by atoms with Gasteiger partial charge in [0.15, 0.2) is 0 Å². The van der Waals surface area contributed by atoms with Crippen molar-refractivity contribution in [2.24, 2.45) is 5.92 Å². The van der Waals surface area contributed by atoms with Crippen LogP contribution < -0.4 is 0 Å². The van der Waals surface area contributed by atoms with Crippen LogP contribution in [0, 0.1) is 19.8 Å². The first kappa shape index (κ1) is 24.4. The highest BCUT2D eigenvalue weighted by Crippen LogP contribution is 2.36. The molecule has 2 aromatic heterocycles. The third kappa shape index (κ3) is 4.73. The molecule has 1 N–H and O–H groups in total. The molecule has 2 amide bonds. The van der Waals surface area contributed by atoms with Gasteiger partial charge in [0.25, 0.3) is 0 Å². The van der Waals surface area contributed by atoms with Crippen molar-refractivity contribution >= 4 is 22.7 Å². The summed E-state index contributed by atoms with van der Waals surface area (Å²) in [5.74, 6) is 0.110. The van der Waals surface area contributed by atoms with Crippen LogP contribution in [0.5, 0.6) is 0 Å². The second kappa shape index (κ2) is 9.64. The molecule has 2 saturated heterocycles. The highest BCUT2D eigenvalue weighted by molar-refractivity contribution is 5.92. The van der Waals surface area contributed by atoms with E-state index in [1.54, 1.807) is 11.9 Å². The Morgan fingerprint density at radius 1 is 1.14 bits per heavy atom. The summed E-state index contributed by atoms with van der Waals surface area (Å²) in [5, 5.41) is 0.834. The molecule has 0 spiro atoms. The first-order chi connectivity index (χ1) is 17.2. The van der Waals surface area contributed by atoms with Crippen molar-refractivity contribution in [2.75, 3.05) is 26.7 Å². The molecule has 2 aliphatic heterocycles. The van der Waals surface area contributed by atoms with Crippen molar-refractivity contribution in [3.63, 3.8) is 0 Å². The van der Waals surface area contributed by atoms with Crippen LogP contribution in [-0.2, 0) is 16.0 Å². The standard InChI is InChI=1S/C28H32F2N4O2/c1-16-10-20(11-17(2)31-16)27-23(14-25(29)30)22-12-19(4-5-24(22)32-27)18-6-8-34(9-7-18)28(36)21-13-26(35)33(3)15-21/h4-5,10-12,18,21,25,32H,6-9,13-15H2,1-3H3. The summed E-state index contributed by atoms with van der Waals surface area (Å²) >= 11 is 0. The summed E-state index contributed by atoms with van der Waals surface area (Å²) in [6, 6.07) is 9.97. The molecule has 0 aliphatic carbocycles. The third-order valence-electron chi connectivity index (χ3n) is 7.63. The number of carbonyl (C=O) groups is 2. The summed E-state index contributed by atoms with van der Waals surface area (Å²) in [5.41, 5.74) is 5.90. The predicted molar refractivity (Wildman–Crippen MR) is 135 cm³/mol. The smallest absolute Gasteiger partial charge is 0.242 e. The van der Waals surface area contributed by atoms with Gasteiger partial charge in [-0.25, -0.2) is 8.78 Å². The lowest BCUT2D eigenvalue weighted by Gasteiger charge is -2.33. The van der Waals surface area contributed by atoms with Crippen molar-refractivity contribution in [3.8, 4) is 11.3 Å². The second-order valence-corrected chi connectivity index (χ2v) is 10.3. The van der Waals surface area contributed by atoms with E-state index in [0.29, 0.717) is 31.6 Å². The van der Waals surface area contributed by atoms with Gasteiger partial charge in [-0.3, -0.25) is 14.6 Å². The highest BCUT2D eigenvalue weighted by atomic mass is 19.3. The first-order valence-corrected chi connectivity index (χ1v) is 12.6. The molecule has 190 valence electrons. The van der Waals surface area contributed by atoms with E-state index in [9.17, 15) is 18.4 Å². The van der Waals surface area contributed by atoms with E-state index in [4.69, 9.17) is 0 Å². The Balaban J connectivity index is 1.38. The molecular formula is C28H32F2N4O2. The molecule has 36 heavy (non-hydrogen) atoms. The lowest BCUT2D eigenvalue weighted by atomic mass is 9.87. The monoisotopic (exact) mass is 494 g/mol. The normalized spacial score (nSPS) is 19.2. The summed E-state index contributed by atoms with van der Waals surface area (Å²) in [4.78, 5) is 36.1. The number of likely N-dealkylation sites (tertiary alicyclic amines) is 2. The molecule has 1 unspecified atom stereocenters. The lowest BCUT2D eigenvalue weighted by molar-refractivity contribution is -0.136. The van der Waals surface area contributed by atoms with Crippen molar-refractivity contribution in [2.45, 2.75) is 51.9 Å². The number of halogens is 2. The maximum Gasteiger partial charge on any atom is 0.242 e. The predicted octanol–water partition coefficient (Wildman–Crippen LogP) is 4.84. The van der Waals surface area contributed by atoms with Crippen LogP contribution in [0.15, 0.2) is 30.3 Å². The Morgan fingerprint density at radius 3 is 2.44 bits per heavy atom. The molecular weight excluding hydrogens is 462 g/mol. The van der Waals surface area contributed by atoms with E-state index in [-0.39, 0.29) is 30.1 Å². The Morgan fingerprint density at radius 2 is 1.83 bits per heavy atom. The zero-order valence-corrected chi connectivity index (χ0v) is 21.0. The topological polar surface area (TPSA) is 69.3 Å². The number of hydrogen-bond acceptors (Lipinski definition) is 3. The van der Waals surface area contributed by atoms with Crippen molar-refractivity contribution in [1.29, 1.82) is 0 Å². The summed E-state index contributed by atoms with van der Waals surface area (Å²) in [7, 11) is 1.74. The quantitative estimate of drug-likeness (QED) is 0.552. The number of carbonyl (C=O) groups excluding carboxylic acids is 2. The number of amides is 2. The molecule has 2 fully saturated rings. The van der Waals surface area contributed by atoms with Gasteiger partial charge in [0.2, 0.25) is 18.2 Å². The van der Waals surface area contributed by atoms with Gasteiger partial charge >= 0.3 is 0 Å². The fourth-order valence-corrected chi connectivity index (χ4v) is 5.83. The summed E-state index contributed by atoms with van der Waals surface area (Å²) in [6.45, 7) is 5.60. The molecule has 6 nitrogen and oxygen atoms in total. The molecule has 1 atom stereocenters. The molecule has 3 aromatic rings. The Bertz CT molecular complexity index is 1290. The van der Waals surface area contributed by atoms with Gasteiger partial charge in [-0.1, -0.05) is 6.07 Å². The number of aromatic nitrogens is 2. The summed E-state index contributed by atoms with van der Waals surface area (Å²) in [6.07, 6.45) is -0.840. The minimum absolute atomic E-state index is 0.0269. The largest absolute Gasteiger partial charge is 0.354 e. The van der Waals surface area contributed by atoms with E-state index in [1.165, 1.54) is 0 Å². The number of alkyl halides is 2. The lowest BCUT2D eigenvalue weighted by Crippen LogP contribution is -2.42. The van der Waals surface area contributed by atoms with Gasteiger partial charge in [0.1, 0.15) is 0 Å². The average molecular weight is 495 g/mol. The molecule has 0 radical (unpaired) electrons. The van der Waals surface area contributed by atoms with Crippen LogP contribution in [0.2, 0.25) is 0 Å². The SMILES string of the molecule is Cc1cc(-c2[nH]c3ccc(C4CCN(C(=O)C5CC(=O)N(C)C5)CC4)cc3c2CC(F)F)cc(C)n1. The van der Waals surface area contributed by atoms with Crippen LogP contribution in [0.25, 0.3) is 22.2 Å². The van der Waals surface area contributed by atoms with Crippen LogP contribution in [0.4, 0.5) is 8.78 Å². The number of aryl methyl sites for hydroxylation is 2. The van der Waals surface area contributed by atoms with Crippen LogP contribution in [0.3, 0.4) is 0 Å². The Kier molecular flexibility index (Phi) is 6.53. The Hall–Kier alpha value is -3.29. The van der Waals surface area contributed by atoms with Crippen LogP contribution in [-0.4, -0.2) is 64.7 Å². The number of rotatable bonds is 5. The van der Waals surface area contributed by atoms with Crippen molar-refractivity contribution < 1.29 is 18.4 Å². The maximum absolute atomic E-state index is 13.6. The fraction of sp³-hybridized carbons (Fsp3) is 0.464. The minimum atomic E-state index is -2.45. The molecule has 8 heteroatoms. The molecule has 1 aromatic carbocycles. The van der Waals surface area contributed by atoms with E-state index < -0.39 is 6.43 Å². The van der Waals surface area contributed by atoms with Gasteiger partial charge in [-0.2, -0.15) is 0 Å². The van der Waals surface area contributed by atoms with Gasteiger partial charge < -0.3 is 14.8 Å². The zero-order chi connectivity index (χ0) is 25.6. The van der Waals surface area contributed by atoms with Gasteiger partial charge in [-0.15, -0.1) is 0 Å². The van der Waals surface area contributed by atoms with Crippen molar-refractivity contribution in [3.05, 3.63) is 52.8 Å². The number of nitrogens with zero attached hydrogens (tertiary/aromatic N) is 3. The van der Waals surface area contributed by atoms with E-state index in [2.05, 4.69) is 22.1 Å². The van der Waals surface area contributed by atoms with E-state index in [1.807, 2.05) is 36.9 Å². The average Bonchev–Trinajstić information content (AvgIpc) is 3.37. The van der Waals surface area contributed by atoms with Gasteiger partial charge in [0, 0.05) is 67.4 Å². The number of H-pyrrole nitrogens is 1. The zero-order valence-electron chi connectivity index (χ0n) is 21.0. The van der Waals surface area contributed by atoms with E-state index in [0.717, 1.165) is 52.0 Å². The molecule has 2 aliphatic rings. The van der Waals surface area contributed by atoms with Gasteiger partial charge in [0.05, 0.1) is 11.6 Å². The van der Waals surface area contributed by atoms with Crippen LogP contribution in [0.1, 0.15) is 47.7 Å². The molecule has 5 rings (SSSR count). The van der Waals surface area contributed by atoms with Crippen LogP contribution >= 0.6 is 0 Å². The van der Waals surface area contributed by atoms with E-state index >= 15 is 0 Å². The third-order valence-corrected chi connectivity index (χ3v) is 7.63. The van der Waals surface area contributed by atoms with Crippen molar-refractivity contribution in [1.82, 2.24) is 19.8 Å². The highest BCUT2D eigenvalue weighted by Gasteiger charge is 2.36. The number of piperidine rings is 1. The number of pyridine rings is 1. The first-order valence-electron chi connectivity index (χ1n) is 12.6. The number of benzene rings is 1. The molecule has 4 heterocycles. The number of aromatic amines is 1. The number of nitrogens with one attached hydrogen (secondary N) is 1.